The number of fused-ring (bicyclic) bond motifs is 5. The first kappa shape index (κ1) is 50.8. The molecule has 4 aliphatic rings. The number of esters is 4. The number of methoxy groups -OCH3 is 1. The highest BCUT2D eigenvalue weighted by Crippen LogP contribution is 2.65. The van der Waals surface area contributed by atoms with Crippen molar-refractivity contribution in [2.24, 2.45) is 22.7 Å². The van der Waals surface area contributed by atoms with Gasteiger partial charge in [-0.15, -0.1) is 0 Å². The van der Waals surface area contributed by atoms with Crippen LogP contribution in [0.15, 0.2) is 101 Å². The highest BCUT2D eigenvalue weighted by molar-refractivity contribution is 8.76. The Morgan fingerprint density at radius 2 is 1.63 bits per heavy atom. The van der Waals surface area contributed by atoms with Crippen LogP contribution >= 0.6 is 21.6 Å². The standard InChI is InChI=1S/C51H60N2O13S2/c1-29-35(63-47(59)42(41(53-31(3)54)33-18-11-9-12-19-33)64-39(56)23-17-25-67-68-38-22-15-16-24-52-38)27-51(60)45(65-46(58)34-20-13-10-14-21-34)43-49(7,44(57)30(2)40(29)48(51,5)6)36(61-8)26-37-50(43,28-62-37)66-32(4)55/h9-16,18-22,24,30,35-37,41-43,45,60H,17,23,25-28H2,1-8H3,(H,53,54)/t30-,35+,36+,37-,41?,42-,43+,45+,49-,50+,51-/m1/s1. The Balaban J connectivity index is 1.30. The Kier molecular flexibility index (Phi) is 15.3. The van der Waals surface area contributed by atoms with Crippen LogP contribution in [0.3, 0.4) is 0 Å². The molecule has 3 aromatic rings. The van der Waals surface area contributed by atoms with Crippen molar-refractivity contribution < 1.29 is 62.3 Å². The average Bonchev–Trinajstić information content (AvgIpc) is 3.30. The number of ether oxygens (including phenoxy) is 6. The molecule has 7 rings (SSSR count). The van der Waals surface area contributed by atoms with Gasteiger partial charge in [0.25, 0.3) is 0 Å². The Labute approximate surface area is 404 Å². The maximum atomic E-state index is 15.6. The quantitative estimate of drug-likeness (QED) is 0.0489. The molecule has 2 bridgehead atoms. The Bertz CT molecular complexity index is 2400. The number of aliphatic hydroxyl groups is 1. The maximum Gasteiger partial charge on any atom is 0.350 e. The van der Waals surface area contributed by atoms with E-state index in [2.05, 4.69) is 10.3 Å². The van der Waals surface area contributed by atoms with E-state index in [9.17, 15) is 29.1 Å². The van der Waals surface area contributed by atoms with Gasteiger partial charge in [-0.3, -0.25) is 19.2 Å². The van der Waals surface area contributed by atoms with Gasteiger partial charge in [0, 0.05) is 63.5 Å². The van der Waals surface area contributed by atoms with Gasteiger partial charge in [0.05, 0.1) is 29.6 Å². The summed E-state index contributed by atoms with van der Waals surface area (Å²) in [5.74, 6) is -5.73. The van der Waals surface area contributed by atoms with E-state index in [0.717, 1.165) is 5.03 Å². The third kappa shape index (κ3) is 9.48. The third-order valence-corrected chi connectivity index (χ3v) is 16.8. The number of nitrogens with zero attached hydrogens (tertiary/aromatic N) is 1. The van der Waals surface area contributed by atoms with Gasteiger partial charge in [0.15, 0.2) is 5.60 Å². The predicted octanol–water partition coefficient (Wildman–Crippen LogP) is 6.97. The highest BCUT2D eigenvalue weighted by atomic mass is 33.1. The minimum atomic E-state index is -2.17. The van der Waals surface area contributed by atoms with Crippen LogP contribution in [0.1, 0.15) is 96.1 Å². The van der Waals surface area contributed by atoms with Crippen LogP contribution < -0.4 is 5.32 Å². The molecule has 15 nitrogen and oxygen atoms in total. The van der Waals surface area contributed by atoms with Crippen LogP contribution in [-0.4, -0.2) is 107 Å². The summed E-state index contributed by atoms with van der Waals surface area (Å²) in [4.78, 5) is 89.0. The summed E-state index contributed by atoms with van der Waals surface area (Å²) < 4.78 is 37.4. The fraction of sp³-hybridized carbons (Fsp3) is 0.510. The van der Waals surface area contributed by atoms with E-state index >= 15 is 4.79 Å². The van der Waals surface area contributed by atoms with Crippen LogP contribution in [0.2, 0.25) is 0 Å². The second-order valence-corrected chi connectivity index (χ2v) is 21.2. The number of Topliss-reactive ketones (excluding diaryl/α,β-unsaturated/α-hetero) is 1. The van der Waals surface area contributed by atoms with Gasteiger partial charge in [-0.25, -0.2) is 14.6 Å². The first-order valence-corrected chi connectivity index (χ1v) is 25.1. The smallest absolute Gasteiger partial charge is 0.350 e. The molecule has 68 heavy (non-hydrogen) atoms. The van der Waals surface area contributed by atoms with Crippen LogP contribution in [0.5, 0.6) is 0 Å². The fourth-order valence-corrected chi connectivity index (χ4v) is 13.2. The molecule has 1 aliphatic heterocycles. The van der Waals surface area contributed by atoms with E-state index in [4.69, 9.17) is 28.4 Å². The number of benzene rings is 2. The molecule has 2 heterocycles. The van der Waals surface area contributed by atoms with Crippen molar-refractivity contribution in [3.8, 4) is 0 Å². The van der Waals surface area contributed by atoms with Gasteiger partial charge in [0.2, 0.25) is 12.0 Å². The zero-order chi connectivity index (χ0) is 49.2. The molecule has 3 aliphatic carbocycles. The molecule has 3 fully saturated rings. The number of carbonyl (C=O) groups is 6. The van der Waals surface area contributed by atoms with Gasteiger partial charge >= 0.3 is 23.9 Å². The van der Waals surface area contributed by atoms with E-state index in [1.54, 1.807) is 101 Å². The van der Waals surface area contributed by atoms with E-state index in [1.807, 2.05) is 18.2 Å². The molecule has 0 radical (unpaired) electrons. The molecular formula is C51H60N2O13S2. The Morgan fingerprint density at radius 3 is 2.24 bits per heavy atom. The Morgan fingerprint density at radius 1 is 0.956 bits per heavy atom. The lowest BCUT2D eigenvalue weighted by atomic mass is 9.43. The second kappa shape index (κ2) is 20.5. The van der Waals surface area contributed by atoms with E-state index in [-0.39, 0.29) is 37.2 Å². The number of hydrogen-bond acceptors (Lipinski definition) is 16. The summed E-state index contributed by atoms with van der Waals surface area (Å²) in [5, 5.41) is 17.5. The first-order valence-electron chi connectivity index (χ1n) is 22.8. The van der Waals surface area contributed by atoms with Crippen LogP contribution in [0, 0.1) is 22.7 Å². The van der Waals surface area contributed by atoms with Crippen molar-refractivity contribution >= 4 is 57.2 Å². The summed E-state index contributed by atoms with van der Waals surface area (Å²) >= 11 is 0. The molecule has 2 saturated carbocycles. The van der Waals surface area contributed by atoms with E-state index in [1.165, 1.54) is 42.5 Å². The number of hydrogen-bond donors (Lipinski definition) is 2. The fourth-order valence-electron chi connectivity index (χ4n) is 11.2. The number of amides is 1. The maximum absolute atomic E-state index is 15.6. The van der Waals surface area contributed by atoms with Crippen LogP contribution in [0.25, 0.3) is 0 Å². The molecule has 11 atom stereocenters. The van der Waals surface area contributed by atoms with E-state index < -0.39 is 100 Å². The Hall–Kier alpha value is -5.07. The monoisotopic (exact) mass is 972 g/mol. The molecule has 0 spiro atoms. The first-order chi connectivity index (χ1) is 32.3. The zero-order valence-electron chi connectivity index (χ0n) is 39.6. The van der Waals surface area contributed by atoms with Gasteiger partial charge in [-0.2, -0.15) is 0 Å². The van der Waals surface area contributed by atoms with Gasteiger partial charge in [-0.1, -0.05) is 86.2 Å². The number of aromatic nitrogens is 1. The number of carbonyl (C=O) groups excluding carboxylic acids is 6. The minimum Gasteiger partial charge on any atom is -0.455 e. The lowest BCUT2D eigenvalue weighted by molar-refractivity contribution is -0.346. The van der Waals surface area contributed by atoms with Crippen molar-refractivity contribution in [3.63, 3.8) is 0 Å². The molecular weight excluding hydrogens is 913 g/mol. The molecule has 1 saturated heterocycles. The van der Waals surface area contributed by atoms with Crippen molar-refractivity contribution in [2.75, 3.05) is 19.5 Å². The largest absolute Gasteiger partial charge is 0.455 e. The predicted molar refractivity (Wildman–Crippen MR) is 252 cm³/mol. The van der Waals surface area contributed by atoms with Crippen molar-refractivity contribution in [2.45, 2.75) is 127 Å². The molecule has 2 aromatic carbocycles. The van der Waals surface area contributed by atoms with Crippen LogP contribution in [-0.2, 0) is 52.4 Å². The normalized spacial score (nSPS) is 30.1. The molecule has 1 aromatic heterocycles. The van der Waals surface area contributed by atoms with Gasteiger partial charge in [0.1, 0.15) is 40.8 Å². The second-order valence-electron chi connectivity index (χ2n) is 18.8. The summed E-state index contributed by atoms with van der Waals surface area (Å²) in [7, 11) is 4.45. The van der Waals surface area contributed by atoms with Crippen molar-refractivity contribution in [3.05, 3.63) is 107 Å². The molecule has 364 valence electrons. The number of nitrogens with one attached hydrogen (secondary N) is 1. The summed E-state index contributed by atoms with van der Waals surface area (Å²) in [5.41, 5.74) is -5.16. The summed E-state index contributed by atoms with van der Waals surface area (Å²) in [6, 6.07) is 21.1. The minimum absolute atomic E-state index is 0.0624. The summed E-state index contributed by atoms with van der Waals surface area (Å²) in [6.07, 6.45) is -4.48. The summed E-state index contributed by atoms with van der Waals surface area (Å²) in [6.45, 7) is 11.0. The number of ketones is 1. The highest BCUT2D eigenvalue weighted by Gasteiger charge is 2.78. The SMILES string of the molecule is CO[C@H]1C[C@H]2OC[C@@]2(OC(C)=O)[C@H]2[C@H](OC(=O)c3ccccc3)[C@]3(O)C[C@H](OC(=O)[C@H](OC(=O)CCCSSc4ccccn4)C(NC(C)=O)c4ccccc4)C(C)=C([C@@H](C)C(=O)[C@]12C)C3(C)C. The molecule has 1 unspecified atom stereocenters. The molecule has 2 N–H and O–H groups in total. The van der Waals surface area contributed by atoms with E-state index in [0.29, 0.717) is 28.9 Å². The van der Waals surface area contributed by atoms with Gasteiger partial charge < -0.3 is 38.8 Å². The van der Waals surface area contributed by atoms with Crippen molar-refractivity contribution in [1.29, 1.82) is 0 Å². The third-order valence-electron chi connectivity index (χ3n) is 14.4. The zero-order valence-corrected chi connectivity index (χ0v) is 41.2. The lowest BCUT2D eigenvalue weighted by Crippen LogP contribution is -2.81. The number of pyridine rings is 1. The topological polar surface area (TPSA) is 203 Å². The van der Waals surface area contributed by atoms with Crippen molar-refractivity contribution in [1.82, 2.24) is 10.3 Å². The van der Waals surface area contributed by atoms with Crippen LogP contribution in [0.4, 0.5) is 0 Å². The average molecular weight is 973 g/mol. The lowest BCUT2D eigenvalue weighted by Gasteiger charge is -2.68. The molecule has 1 amide bonds. The van der Waals surface area contributed by atoms with Gasteiger partial charge in [-0.05, 0) is 72.0 Å². The number of rotatable bonds is 16. The molecule has 17 heteroatoms.